The average Bonchev–Trinajstić information content (AvgIpc) is 3.39. The molecule has 1 aliphatic rings. The highest BCUT2D eigenvalue weighted by molar-refractivity contribution is 7.18. The molecule has 0 radical (unpaired) electrons. The highest BCUT2D eigenvalue weighted by Gasteiger charge is 2.30. The van der Waals surface area contributed by atoms with Crippen molar-refractivity contribution in [3.63, 3.8) is 0 Å². The smallest absolute Gasteiger partial charge is 0.240 e. The molecule has 1 aromatic heterocycles. The van der Waals surface area contributed by atoms with Gasteiger partial charge < -0.3 is 4.90 Å². The summed E-state index contributed by atoms with van der Waals surface area (Å²) in [5.41, 5.74) is 2.95. The number of nitrogens with one attached hydrogen (secondary N) is 1. The minimum absolute atomic E-state index is 0.0961. The first-order valence-corrected chi connectivity index (χ1v) is 12.8. The number of nitrogens with zero attached hydrogens (tertiary/aromatic N) is 4. The van der Waals surface area contributed by atoms with Gasteiger partial charge >= 0.3 is 0 Å². The number of aromatic nitrogens is 2. The van der Waals surface area contributed by atoms with Crippen LogP contribution in [0.1, 0.15) is 17.0 Å². The third-order valence-electron chi connectivity index (χ3n) is 6.26. The summed E-state index contributed by atoms with van der Waals surface area (Å²) < 4.78 is 0. The molecule has 182 valence electrons. The van der Waals surface area contributed by atoms with Crippen molar-refractivity contribution in [1.29, 1.82) is 0 Å². The van der Waals surface area contributed by atoms with E-state index in [9.17, 15) is 9.59 Å². The maximum Gasteiger partial charge on any atom is 0.240 e. The Morgan fingerprint density at radius 1 is 0.778 bits per heavy atom. The van der Waals surface area contributed by atoms with E-state index in [-0.39, 0.29) is 24.3 Å². The van der Waals surface area contributed by atoms with Gasteiger partial charge in [0.25, 0.3) is 0 Å². The molecule has 2 amide bonds. The fourth-order valence-electron chi connectivity index (χ4n) is 4.41. The summed E-state index contributed by atoms with van der Waals surface area (Å²) in [6.45, 7) is 2.70. The lowest BCUT2D eigenvalue weighted by Crippen LogP contribution is -2.51. The van der Waals surface area contributed by atoms with Crippen LogP contribution in [0.15, 0.2) is 91.0 Å². The van der Waals surface area contributed by atoms with Gasteiger partial charge in [0.2, 0.25) is 16.9 Å². The molecular formula is C28H27N5O2S. The third-order valence-corrected chi connectivity index (χ3v) is 7.14. The standard InChI is InChI=1S/C28H27N5O2S/c34-24(29-28-31-30-26(36-28)23-14-8-3-9-15-23)20-32-16-18-33(19-17-32)27(35)25(21-10-4-1-5-11-21)22-12-6-2-7-13-22/h1-15,25H,16-20H2,(H,29,31,34). The third kappa shape index (κ3) is 5.67. The molecule has 7 nitrogen and oxygen atoms in total. The summed E-state index contributed by atoms with van der Waals surface area (Å²) in [5.74, 6) is -0.366. The molecule has 5 rings (SSSR count). The van der Waals surface area contributed by atoms with Gasteiger partial charge in [-0.05, 0) is 11.1 Å². The Hall–Kier alpha value is -3.88. The number of amides is 2. The number of hydrogen-bond acceptors (Lipinski definition) is 6. The molecule has 36 heavy (non-hydrogen) atoms. The van der Waals surface area contributed by atoms with Gasteiger partial charge in [0, 0.05) is 31.7 Å². The Balaban J connectivity index is 1.17. The summed E-state index contributed by atoms with van der Waals surface area (Å²) in [5, 5.41) is 12.4. The molecule has 0 atom stereocenters. The van der Waals surface area contributed by atoms with Gasteiger partial charge in [-0.25, -0.2) is 0 Å². The van der Waals surface area contributed by atoms with Gasteiger partial charge in [-0.1, -0.05) is 102 Å². The van der Waals surface area contributed by atoms with Gasteiger partial charge in [-0.15, -0.1) is 10.2 Å². The van der Waals surface area contributed by atoms with Crippen LogP contribution >= 0.6 is 11.3 Å². The van der Waals surface area contributed by atoms with E-state index < -0.39 is 0 Å². The van der Waals surface area contributed by atoms with E-state index in [4.69, 9.17) is 0 Å². The Bertz CT molecular complexity index is 1250. The largest absolute Gasteiger partial charge is 0.339 e. The van der Waals surface area contributed by atoms with E-state index in [1.165, 1.54) is 11.3 Å². The van der Waals surface area contributed by atoms with Crippen molar-refractivity contribution < 1.29 is 9.59 Å². The summed E-state index contributed by atoms with van der Waals surface area (Å²) >= 11 is 1.35. The number of carbonyl (C=O) groups excluding carboxylic acids is 2. The van der Waals surface area contributed by atoms with E-state index in [0.29, 0.717) is 31.3 Å². The van der Waals surface area contributed by atoms with E-state index in [2.05, 4.69) is 20.4 Å². The molecule has 1 aliphatic heterocycles. The Morgan fingerprint density at radius 2 is 1.33 bits per heavy atom. The fraction of sp³-hybridized carbons (Fsp3) is 0.214. The number of hydrogen-bond donors (Lipinski definition) is 1. The van der Waals surface area contributed by atoms with E-state index >= 15 is 0 Å². The van der Waals surface area contributed by atoms with Gasteiger partial charge in [-0.3, -0.25) is 19.8 Å². The van der Waals surface area contributed by atoms with Crippen LogP contribution in [0.25, 0.3) is 10.6 Å². The minimum Gasteiger partial charge on any atom is -0.339 e. The second-order valence-corrected chi connectivity index (χ2v) is 9.66. The molecule has 4 aromatic rings. The minimum atomic E-state index is -0.335. The maximum atomic E-state index is 13.6. The van der Waals surface area contributed by atoms with Crippen LogP contribution < -0.4 is 5.32 Å². The number of anilines is 1. The SMILES string of the molecule is O=C(CN1CCN(C(=O)C(c2ccccc2)c2ccccc2)CC1)Nc1nnc(-c2ccccc2)s1. The second-order valence-electron chi connectivity index (χ2n) is 8.68. The van der Waals surface area contributed by atoms with Gasteiger partial charge in [0.15, 0.2) is 0 Å². The highest BCUT2D eigenvalue weighted by Crippen LogP contribution is 2.28. The summed E-state index contributed by atoms with van der Waals surface area (Å²) in [7, 11) is 0. The Kier molecular flexibility index (Phi) is 7.44. The zero-order chi connectivity index (χ0) is 24.7. The number of carbonyl (C=O) groups is 2. The topological polar surface area (TPSA) is 78.4 Å². The van der Waals surface area contributed by atoms with Crippen molar-refractivity contribution in [2.45, 2.75) is 5.92 Å². The van der Waals surface area contributed by atoms with Crippen LogP contribution in [0.3, 0.4) is 0 Å². The molecule has 8 heteroatoms. The second kappa shape index (κ2) is 11.2. The highest BCUT2D eigenvalue weighted by atomic mass is 32.1. The molecule has 0 unspecified atom stereocenters. The molecule has 0 aliphatic carbocycles. The summed E-state index contributed by atoms with van der Waals surface area (Å²) in [6.07, 6.45) is 0. The summed E-state index contributed by atoms with van der Waals surface area (Å²) in [4.78, 5) is 30.2. The molecule has 1 saturated heterocycles. The Morgan fingerprint density at radius 3 is 1.92 bits per heavy atom. The molecule has 0 spiro atoms. The lowest BCUT2D eigenvalue weighted by molar-refractivity contribution is -0.133. The van der Waals surface area contributed by atoms with Crippen molar-refractivity contribution in [2.75, 3.05) is 38.0 Å². The molecule has 0 saturated carbocycles. The van der Waals surface area contributed by atoms with E-state index in [0.717, 1.165) is 21.7 Å². The summed E-state index contributed by atoms with van der Waals surface area (Å²) in [6, 6.07) is 29.6. The lowest BCUT2D eigenvalue weighted by Gasteiger charge is -2.36. The first-order valence-electron chi connectivity index (χ1n) is 12.0. The normalized spacial score (nSPS) is 14.1. The molecule has 1 fully saturated rings. The van der Waals surface area contributed by atoms with Gasteiger partial charge in [-0.2, -0.15) is 0 Å². The number of rotatable bonds is 7. The number of benzene rings is 3. The van der Waals surface area contributed by atoms with Gasteiger partial charge in [0.05, 0.1) is 12.5 Å². The van der Waals surface area contributed by atoms with Gasteiger partial charge in [0.1, 0.15) is 5.01 Å². The maximum absolute atomic E-state index is 13.6. The lowest BCUT2D eigenvalue weighted by atomic mass is 9.90. The molecule has 0 bridgehead atoms. The van der Waals surface area contributed by atoms with Crippen molar-refractivity contribution >= 4 is 28.3 Å². The molecule has 3 aromatic carbocycles. The monoisotopic (exact) mass is 497 g/mol. The van der Waals surface area contributed by atoms with Crippen LogP contribution in [0.5, 0.6) is 0 Å². The molecule has 2 heterocycles. The fourth-order valence-corrected chi connectivity index (χ4v) is 5.18. The quantitative estimate of drug-likeness (QED) is 0.416. The zero-order valence-corrected chi connectivity index (χ0v) is 20.6. The van der Waals surface area contributed by atoms with Crippen molar-refractivity contribution in [1.82, 2.24) is 20.0 Å². The van der Waals surface area contributed by atoms with Crippen molar-refractivity contribution in [3.05, 3.63) is 102 Å². The van der Waals surface area contributed by atoms with Crippen LogP contribution in [0.2, 0.25) is 0 Å². The van der Waals surface area contributed by atoms with E-state index in [1.807, 2.05) is 95.9 Å². The predicted octanol–water partition coefficient (Wildman–Crippen LogP) is 4.12. The number of piperazine rings is 1. The average molecular weight is 498 g/mol. The van der Waals surface area contributed by atoms with Crippen LogP contribution in [-0.2, 0) is 9.59 Å². The van der Waals surface area contributed by atoms with Crippen LogP contribution in [0.4, 0.5) is 5.13 Å². The van der Waals surface area contributed by atoms with Crippen molar-refractivity contribution in [2.24, 2.45) is 0 Å². The first kappa shape index (κ1) is 23.8. The molecular weight excluding hydrogens is 470 g/mol. The van der Waals surface area contributed by atoms with Crippen molar-refractivity contribution in [3.8, 4) is 10.6 Å². The zero-order valence-electron chi connectivity index (χ0n) is 19.8. The Labute approximate surface area is 214 Å². The van der Waals surface area contributed by atoms with E-state index in [1.54, 1.807) is 0 Å². The molecule has 1 N–H and O–H groups in total. The van der Waals surface area contributed by atoms with Crippen LogP contribution in [-0.4, -0.2) is 64.5 Å². The predicted molar refractivity (Wildman–Crippen MR) is 142 cm³/mol. The van der Waals surface area contributed by atoms with Crippen LogP contribution in [0, 0.1) is 0 Å². The first-order chi connectivity index (χ1) is 17.7.